The Balaban J connectivity index is 2.42. The molecular formula is C12H15N3. The van der Waals surface area contributed by atoms with Crippen LogP contribution < -0.4 is 5.32 Å². The number of fused-ring (bicyclic) bond motifs is 1. The van der Waals surface area contributed by atoms with Crippen molar-refractivity contribution < 1.29 is 0 Å². The van der Waals surface area contributed by atoms with Gasteiger partial charge in [0.15, 0.2) is 0 Å². The Hall–Kier alpha value is -1.48. The molecule has 0 aliphatic rings. The Bertz CT molecular complexity index is 448. The third-order valence-electron chi connectivity index (χ3n) is 2.64. The van der Waals surface area contributed by atoms with E-state index in [1.165, 1.54) is 5.39 Å². The van der Waals surface area contributed by atoms with E-state index in [-0.39, 0.29) is 0 Å². The lowest BCUT2D eigenvalue weighted by atomic mass is 10.1. The molecule has 2 aromatic rings. The number of rotatable bonds is 3. The number of aromatic nitrogens is 2. The third kappa shape index (κ3) is 2.13. The predicted octanol–water partition coefficient (Wildman–Crippen LogP) is 1.78. The Labute approximate surface area is 89.5 Å². The predicted molar refractivity (Wildman–Crippen MR) is 61.8 cm³/mol. The smallest absolute Gasteiger partial charge is 0.0724 e. The topological polar surface area (TPSA) is 37.8 Å². The molecule has 0 aliphatic heterocycles. The van der Waals surface area contributed by atoms with Gasteiger partial charge >= 0.3 is 0 Å². The first kappa shape index (κ1) is 10.1. The first-order chi connectivity index (χ1) is 7.31. The van der Waals surface area contributed by atoms with E-state index in [0.29, 0.717) is 6.04 Å². The van der Waals surface area contributed by atoms with E-state index in [1.807, 2.05) is 25.4 Å². The molecule has 1 unspecified atom stereocenters. The van der Waals surface area contributed by atoms with Crippen molar-refractivity contribution in [3.63, 3.8) is 0 Å². The van der Waals surface area contributed by atoms with Gasteiger partial charge in [-0.05, 0) is 14.0 Å². The van der Waals surface area contributed by atoms with Crippen molar-refractivity contribution in [2.24, 2.45) is 0 Å². The summed E-state index contributed by atoms with van der Waals surface area (Å²) in [7, 11) is 1.96. The van der Waals surface area contributed by atoms with Gasteiger partial charge in [0.1, 0.15) is 0 Å². The highest BCUT2D eigenvalue weighted by molar-refractivity contribution is 5.83. The van der Waals surface area contributed by atoms with E-state index >= 15 is 0 Å². The molecule has 0 radical (unpaired) electrons. The Morgan fingerprint density at radius 3 is 2.93 bits per heavy atom. The van der Waals surface area contributed by atoms with Gasteiger partial charge in [-0.3, -0.25) is 0 Å². The van der Waals surface area contributed by atoms with E-state index in [2.05, 4.69) is 34.6 Å². The minimum atomic E-state index is 0.421. The average Bonchev–Trinajstić information content (AvgIpc) is 2.29. The van der Waals surface area contributed by atoms with Crippen LogP contribution in [-0.2, 0) is 6.42 Å². The third-order valence-corrected chi connectivity index (χ3v) is 2.64. The zero-order chi connectivity index (χ0) is 10.7. The van der Waals surface area contributed by atoms with E-state index in [1.54, 1.807) is 0 Å². The minimum absolute atomic E-state index is 0.421. The number of hydrogen-bond donors (Lipinski definition) is 1. The molecule has 1 aromatic heterocycles. The van der Waals surface area contributed by atoms with Crippen LogP contribution in [0.2, 0.25) is 0 Å². The van der Waals surface area contributed by atoms with E-state index < -0.39 is 0 Å². The highest BCUT2D eigenvalue weighted by Gasteiger charge is 2.06. The molecule has 1 aromatic carbocycles. The molecule has 0 bridgehead atoms. The Kier molecular flexibility index (Phi) is 2.92. The molecule has 0 saturated heterocycles. The fourth-order valence-corrected chi connectivity index (χ4v) is 1.63. The molecule has 0 saturated carbocycles. The summed E-state index contributed by atoms with van der Waals surface area (Å²) in [6.07, 6.45) is 2.72. The second-order valence-electron chi connectivity index (χ2n) is 3.77. The van der Waals surface area contributed by atoms with Crippen molar-refractivity contribution in [3.8, 4) is 0 Å². The van der Waals surface area contributed by atoms with Gasteiger partial charge in [-0.1, -0.05) is 24.3 Å². The number of hydrogen-bond acceptors (Lipinski definition) is 3. The van der Waals surface area contributed by atoms with Gasteiger partial charge in [0.25, 0.3) is 0 Å². The van der Waals surface area contributed by atoms with Crippen molar-refractivity contribution in [1.82, 2.24) is 15.5 Å². The molecule has 0 amide bonds. The Morgan fingerprint density at radius 1 is 1.33 bits per heavy atom. The average molecular weight is 201 g/mol. The first-order valence-corrected chi connectivity index (χ1v) is 5.18. The largest absolute Gasteiger partial charge is 0.317 e. The first-order valence-electron chi connectivity index (χ1n) is 5.18. The van der Waals surface area contributed by atoms with Crippen LogP contribution in [0.15, 0.2) is 30.5 Å². The lowest BCUT2D eigenvalue weighted by molar-refractivity contribution is 0.599. The maximum atomic E-state index is 4.20. The number of nitrogens with zero attached hydrogens (tertiary/aromatic N) is 2. The van der Waals surface area contributed by atoms with Crippen LogP contribution >= 0.6 is 0 Å². The second-order valence-corrected chi connectivity index (χ2v) is 3.77. The maximum absolute atomic E-state index is 4.20. The maximum Gasteiger partial charge on any atom is 0.0724 e. The summed E-state index contributed by atoms with van der Waals surface area (Å²) in [6, 6.07) is 8.65. The molecule has 1 heterocycles. The molecule has 3 heteroatoms. The van der Waals surface area contributed by atoms with Crippen molar-refractivity contribution in [1.29, 1.82) is 0 Å². The van der Waals surface area contributed by atoms with Crippen LogP contribution in [0.3, 0.4) is 0 Å². The van der Waals surface area contributed by atoms with Gasteiger partial charge in [-0.25, -0.2) is 0 Å². The monoisotopic (exact) mass is 201 g/mol. The van der Waals surface area contributed by atoms with Crippen molar-refractivity contribution >= 4 is 10.8 Å². The minimum Gasteiger partial charge on any atom is -0.317 e. The van der Waals surface area contributed by atoms with Gasteiger partial charge in [0, 0.05) is 23.2 Å². The fraction of sp³-hybridized carbons (Fsp3) is 0.333. The molecule has 3 nitrogen and oxygen atoms in total. The summed E-state index contributed by atoms with van der Waals surface area (Å²) in [5.41, 5.74) is 1.06. The fourth-order valence-electron chi connectivity index (χ4n) is 1.63. The highest BCUT2D eigenvalue weighted by atomic mass is 15.1. The van der Waals surface area contributed by atoms with Gasteiger partial charge in [0.2, 0.25) is 0 Å². The van der Waals surface area contributed by atoms with Crippen molar-refractivity contribution in [3.05, 3.63) is 36.2 Å². The van der Waals surface area contributed by atoms with Crippen LogP contribution in [0.4, 0.5) is 0 Å². The van der Waals surface area contributed by atoms with Crippen LogP contribution in [0.5, 0.6) is 0 Å². The van der Waals surface area contributed by atoms with Gasteiger partial charge < -0.3 is 5.32 Å². The van der Waals surface area contributed by atoms with E-state index in [4.69, 9.17) is 0 Å². The van der Waals surface area contributed by atoms with Gasteiger partial charge in [-0.15, -0.1) is 0 Å². The summed E-state index contributed by atoms with van der Waals surface area (Å²) in [5, 5.41) is 13.8. The van der Waals surface area contributed by atoms with Gasteiger partial charge in [0.05, 0.1) is 11.9 Å². The molecule has 0 aliphatic carbocycles. The van der Waals surface area contributed by atoms with Crippen molar-refractivity contribution in [2.75, 3.05) is 7.05 Å². The van der Waals surface area contributed by atoms with Crippen LogP contribution in [0.1, 0.15) is 12.6 Å². The van der Waals surface area contributed by atoms with Crippen LogP contribution in [0, 0.1) is 0 Å². The molecule has 0 fully saturated rings. The molecule has 2 rings (SSSR count). The molecule has 1 atom stereocenters. The standard InChI is InChI=1S/C12H15N3/c1-9(13-2)7-12-11-6-4-3-5-10(11)8-14-15-12/h3-6,8-9,13H,7H2,1-2H3. The summed E-state index contributed by atoms with van der Waals surface area (Å²) >= 11 is 0. The Morgan fingerprint density at radius 2 is 2.13 bits per heavy atom. The number of nitrogens with one attached hydrogen (secondary N) is 1. The summed E-state index contributed by atoms with van der Waals surface area (Å²) in [6.45, 7) is 2.14. The second kappa shape index (κ2) is 4.36. The molecule has 78 valence electrons. The molecular weight excluding hydrogens is 186 g/mol. The lowest BCUT2D eigenvalue weighted by Crippen LogP contribution is -2.24. The van der Waals surface area contributed by atoms with Gasteiger partial charge in [-0.2, -0.15) is 10.2 Å². The zero-order valence-electron chi connectivity index (χ0n) is 9.07. The quantitative estimate of drug-likeness (QED) is 0.822. The molecule has 15 heavy (non-hydrogen) atoms. The summed E-state index contributed by atoms with van der Waals surface area (Å²) in [4.78, 5) is 0. The van der Waals surface area contributed by atoms with Crippen LogP contribution in [0.25, 0.3) is 10.8 Å². The summed E-state index contributed by atoms with van der Waals surface area (Å²) < 4.78 is 0. The van der Waals surface area contributed by atoms with E-state index in [9.17, 15) is 0 Å². The normalized spacial score (nSPS) is 12.9. The van der Waals surface area contributed by atoms with E-state index in [0.717, 1.165) is 17.5 Å². The van der Waals surface area contributed by atoms with Crippen LogP contribution in [-0.4, -0.2) is 23.3 Å². The molecule has 1 N–H and O–H groups in total. The van der Waals surface area contributed by atoms with Crippen molar-refractivity contribution in [2.45, 2.75) is 19.4 Å². The number of likely N-dealkylation sites (N-methyl/N-ethyl adjacent to an activating group) is 1. The summed E-state index contributed by atoms with van der Waals surface area (Å²) in [5.74, 6) is 0. The molecule has 0 spiro atoms. The zero-order valence-corrected chi connectivity index (χ0v) is 9.07. The number of benzene rings is 1. The highest BCUT2D eigenvalue weighted by Crippen LogP contribution is 2.16. The lowest BCUT2D eigenvalue weighted by Gasteiger charge is -2.10. The SMILES string of the molecule is CNC(C)Cc1nncc2ccccc12.